The molecule has 150 valence electrons. The number of ether oxygens (including phenoxy) is 1. The highest BCUT2D eigenvalue weighted by atomic mass is 16.5. The molecule has 0 spiro atoms. The lowest BCUT2D eigenvalue weighted by molar-refractivity contribution is -0.126. The molecular weight excluding hydrogens is 360 g/mol. The fraction of sp³-hybridized carbons (Fsp3) is 0.320. The van der Waals surface area contributed by atoms with Gasteiger partial charge in [0.05, 0.1) is 13.0 Å². The number of para-hydroxylation sites is 1. The molecule has 29 heavy (non-hydrogen) atoms. The average Bonchev–Trinajstić information content (AvgIpc) is 2.78. The molecule has 0 radical (unpaired) electrons. The van der Waals surface area contributed by atoms with Crippen molar-refractivity contribution in [3.05, 3.63) is 77.9 Å². The lowest BCUT2D eigenvalue weighted by Gasteiger charge is -2.32. The summed E-state index contributed by atoms with van der Waals surface area (Å²) in [5, 5.41) is 5.69. The van der Waals surface area contributed by atoms with E-state index in [1.165, 1.54) is 16.3 Å². The van der Waals surface area contributed by atoms with Crippen molar-refractivity contribution in [1.29, 1.82) is 0 Å². The van der Waals surface area contributed by atoms with Crippen LogP contribution in [-0.4, -0.2) is 31.0 Å². The summed E-state index contributed by atoms with van der Waals surface area (Å²) in [4.78, 5) is 15.2. The minimum absolute atomic E-state index is 0.0356. The van der Waals surface area contributed by atoms with Crippen LogP contribution in [0.2, 0.25) is 0 Å². The third-order valence-corrected chi connectivity index (χ3v) is 5.80. The number of nitrogens with zero attached hydrogens (tertiary/aromatic N) is 1. The first kappa shape index (κ1) is 19.5. The highest BCUT2D eigenvalue weighted by Gasteiger charge is 2.26. The molecule has 1 aliphatic rings. The van der Waals surface area contributed by atoms with Gasteiger partial charge in [0.1, 0.15) is 5.75 Å². The quantitative estimate of drug-likeness (QED) is 0.681. The average molecular weight is 389 g/mol. The number of methoxy groups -OCH3 is 1. The molecule has 1 atom stereocenters. The van der Waals surface area contributed by atoms with Crippen LogP contribution < -0.4 is 10.1 Å². The predicted octanol–water partition coefficient (Wildman–Crippen LogP) is 4.38. The van der Waals surface area contributed by atoms with Gasteiger partial charge in [-0.05, 0) is 41.8 Å². The highest BCUT2D eigenvalue weighted by Crippen LogP contribution is 2.24. The van der Waals surface area contributed by atoms with Crippen molar-refractivity contribution < 1.29 is 9.53 Å². The van der Waals surface area contributed by atoms with Crippen LogP contribution in [0.5, 0.6) is 5.75 Å². The Labute approximate surface area is 172 Å². The highest BCUT2D eigenvalue weighted by molar-refractivity contribution is 5.85. The van der Waals surface area contributed by atoms with Crippen molar-refractivity contribution >= 4 is 16.7 Å². The maximum atomic E-state index is 12.8. The minimum atomic E-state index is 0.0356. The summed E-state index contributed by atoms with van der Waals surface area (Å²) in [6.45, 7) is 3.24. The normalized spacial score (nSPS) is 17.2. The van der Waals surface area contributed by atoms with Crippen molar-refractivity contribution in [2.75, 3.05) is 20.2 Å². The van der Waals surface area contributed by atoms with Gasteiger partial charge >= 0.3 is 0 Å². The van der Waals surface area contributed by atoms with Crippen LogP contribution in [0.1, 0.15) is 24.0 Å². The van der Waals surface area contributed by atoms with Gasteiger partial charge in [-0.3, -0.25) is 9.69 Å². The van der Waals surface area contributed by atoms with Crippen molar-refractivity contribution in [3.8, 4) is 5.75 Å². The molecular formula is C25H28N2O2. The van der Waals surface area contributed by atoms with Crippen molar-refractivity contribution in [1.82, 2.24) is 10.2 Å². The number of carbonyl (C=O) groups is 1. The fourth-order valence-electron chi connectivity index (χ4n) is 4.26. The smallest absolute Gasteiger partial charge is 0.224 e. The number of carbonyl (C=O) groups excluding carboxylic acids is 1. The number of amides is 1. The first-order valence-corrected chi connectivity index (χ1v) is 10.3. The summed E-state index contributed by atoms with van der Waals surface area (Å²) < 4.78 is 5.38. The summed E-state index contributed by atoms with van der Waals surface area (Å²) in [7, 11) is 1.66. The van der Waals surface area contributed by atoms with Gasteiger partial charge in [0.15, 0.2) is 0 Å². The lowest BCUT2D eigenvalue weighted by atomic mass is 9.96. The van der Waals surface area contributed by atoms with Crippen LogP contribution in [0.3, 0.4) is 0 Å². The second-order valence-electron chi connectivity index (χ2n) is 7.74. The van der Waals surface area contributed by atoms with E-state index >= 15 is 0 Å². The molecule has 1 unspecified atom stereocenters. The fourth-order valence-corrected chi connectivity index (χ4v) is 4.26. The number of hydrogen-bond donors (Lipinski definition) is 1. The number of rotatable bonds is 6. The first-order valence-electron chi connectivity index (χ1n) is 10.3. The second kappa shape index (κ2) is 9.10. The molecule has 4 rings (SSSR count). The van der Waals surface area contributed by atoms with Gasteiger partial charge in [-0.25, -0.2) is 0 Å². The maximum absolute atomic E-state index is 12.8. The van der Waals surface area contributed by atoms with E-state index in [1.807, 2.05) is 24.3 Å². The summed E-state index contributed by atoms with van der Waals surface area (Å²) in [6, 6.07) is 22.8. The first-order chi connectivity index (χ1) is 14.2. The molecule has 1 heterocycles. The van der Waals surface area contributed by atoms with Crippen molar-refractivity contribution in [2.24, 2.45) is 5.92 Å². The van der Waals surface area contributed by atoms with E-state index in [9.17, 15) is 4.79 Å². The molecule has 4 heteroatoms. The number of benzene rings is 3. The van der Waals surface area contributed by atoms with Crippen LogP contribution in [-0.2, 0) is 17.9 Å². The predicted molar refractivity (Wildman–Crippen MR) is 117 cm³/mol. The number of fused-ring (bicyclic) bond motifs is 1. The summed E-state index contributed by atoms with van der Waals surface area (Å²) in [5.74, 6) is 0.987. The number of likely N-dealkylation sites (tertiary alicyclic amines) is 1. The Kier molecular flexibility index (Phi) is 6.11. The molecule has 3 aromatic rings. The van der Waals surface area contributed by atoms with Gasteiger partial charge < -0.3 is 10.1 Å². The maximum Gasteiger partial charge on any atom is 0.224 e. The zero-order valence-electron chi connectivity index (χ0n) is 16.9. The molecule has 1 amide bonds. The van der Waals surface area contributed by atoms with Crippen LogP contribution in [0.25, 0.3) is 10.8 Å². The van der Waals surface area contributed by atoms with Gasteiger partial charge in [0.2, 0.25) is 5.91 Å². The standard InChI is InChI=1S/C25H28N2O2/c1-29-24-14-5-3-9-20(24)16-26-25(28)22-12-7-15-27(18-22)17-21-11-6-10-19-8-2-4-13-23(19)21/h2-6,8-11,13-14,22H,7,12,15-18H2,1H3,(H,26,28). The summed E-state index contributed by atoms with van der Waals surface area (Å²) >= 11 is 0. The van der Waals surface area contributed by atoms with Gasteiger partial charge in [-0.1, -0.05) is 60.7 Å². The zero-order valence-corrected chi connectivity index (χ0v) is 16.9. The van der Waals surface area contributed by atoms with E-state index in [0.717, 1.165) is 43.8 Å². The molecule has 0 saturated carbocycles. The third-order valence-electron chi connectivity index (χ3n) is 5.80. The number of nitrogens with one attached hydrogen (secondary N) is 1. The summed E-state index contributed by atoms with van der Waals surface area (Å²) in [6.07, 6.45) is 2.00. The van der Waals surface area contributed by atoms with Gasteiger partial charge in [-0.15, -0.1) is 0 Å². The molecule has 1 saturated heterocycles. The Morgan fingerprint density at radius 3 is 2.69 bits per heavy atom. The molecule has 1 aliphatic heterocycles. The van der Waals surface area contributed by atoms with Gasteiger partial charge in [0, 0.05) is 25.2 Å². The monoisotopic (exact) mass is 388 g/mol. The molecule has 0 aromatic heterocycles. The van der Waals surface area contributed by atoms with Crippen LogP contribution in [0.15, 0.2) is 66.7 Å². The topological polar surface area (TPSA) is 41.6 Å². The Morgan fingerprint density at radius 1 is 1.03 bits per heavy atom. The molecule has 0 aliphatic carbocycles. The Bertz CT molecular complexity index is 980. The molecule has 0 bridgehead atoms. The lowest BCUT2D eigenvalue weighted by Crippen LogP contribution is -2.42. The summed E-state index contributed by atoms with van der Waals surface area (Å²) in [5.41, 5.74) is 2.34. The van der Waals surface area contributed by atoms with E-state index < -0.39 is 0 Å². The van der Waals surface area contributed by atoms with E-state index in [2.05, 4.69) is 52.7 Å². The van der Waals surface area contributed by atoms with E-state index in [-0.39, 0.29) is 11.8 Å². The Morgan fingerprint density at radius 2 is 1.79 bits per heavy atom. The van der Waals surface area contributed by atoms with Gasteiger partial charge in [0.25, 0.3) is 0 Å². The minimum Gasteiger partial charge on any atom is -0.496 e. The van der Waals surface area contributed by atoms with Crippen LogP contribution in [0.4, 0.5) is 0 Å². The number of piperidine rings is 1. The van der Waals surface area contributed by atoms with Gasteiger partial charge in [-0.2, -0.15) is 0 Å². The van der Waals surface area contributed by atoms with Crippen LogP contribution >= 0.6 is 0 Å². The SMILES string of the molecule is COc1ccccc1CNC(=O)C1CCCN(Cc2cccc3ccccc23)C1. The molecule has 3 aromatic carbocycles. The third kappa shape index (κ3) is 4.60. The van der Waals surface area contributed by atoms with E-state index in [4.69, 9.17) is 4.74 Å². The molecule has 1 N–H and O–H groups in total. The van der Waals surface area contributed by atoms with Crippen molar-refractivity contribution in [2.45, 2.75) is 25.9 Å². The number of hydrogen-bond acceptors (Lipinski definition) is 3. The molecule has 4 nitrogen and oxygen atoms in total. The van der Waals surface area contributed by atoms with Crippen molar-refractivity contribution in [3.63, 3.8) is 0 Å². The van der Waals surface area contributed by atoms with E-state index in [0.29, 0.717) is 6.54 Å². The molecule has 1 fully saturated rings. The Hall–Kier alpha value is -2.85. The Balaban J connectivity index is 1.38. The second-order valence-corrected chi connectivity index (χ2v) is 7.74. The van der Waals surface area contributed by atoms with E-state index in [1.54, 1.807) is 7.11 Å². The largest absolute Gasteiger partial charge is 0.496 e. The van der Waals surface area contributed by atoms with Crippen LogP contribution in [0, 0.1) is 5.92 Å². The zero-order chi connectivity index (χ0) is 20.1.